The third-order valence-electron chi connectivity index (χ3n) is 3.02. The van der Waals surface area contributed by atoms with Gasteiger partial charge in [0.1, 0.15) is 5.82 Å². The van der Waals surface area contributed by atoms with Crippen LogP contribution >= 0.6 is 0 Å². The van der Waals surface area contributed by atoms with E-state index in [2.05, 4.69) is 10.6 Å². The summed E-state index contributed by atoms with van der Waals surface area (Å²) in [5, 5.41) is 5.67. The Labute approximate surface area is 108 Å². The van der Waals surface area contributed by atoms with E-state index >= 15 is 0 Å². The van der Waals surface area contributed by atoms with Crippen LogP contribution in [0.25, 0.3) is 0 Å². The first kappa shape index (κ1) is 14.5. The molecule has 0 bridgehead atoms. The van der Waals surface area contributed by atoms with Crippen LogP contribution in [-0.2, 0) is 4.79 Å². The highest BCUT2D eigenvalue weighted by Crippen LogP contribution is 2.16. The molecule has 0 spiro atoms. The lowest BCUT2D eigenvalue weighted by Crippen LogP contribution is -2.39. The van der Waals surface area contributed by atoms with E-state index in [1.807, 2.05) is 20.8 Å². The fourth-order valence-electron chi connectivity index (χ4n) is 1.43. The summed E-state index contributed by atoms with van der Waals surface area (Å²) in [6, 6.07) is 5.19. The zero-order chi connectivity index (χ0) is 13.7. The molecule has 0 radical (unpaired) electrons. The number of rotatable bonds is 5. The molecule has 2 N–H and O–H groups in total. The van der Waals surface area contributed by atoms with E-state index in [1.165, 1.54) is 0 Å². The van der Waals surface area contributed by atoms with Gasteiger partial charge in [-0.3, -0.25) is 4.79 Å². The van der Waals surface area contributed by atoms with Crippen LogP contribution in [0.15, 0.2) is 18.2 Å². The molecule has 0 aliphatic carbocycles. The largest absolute Gasteiger partial charge is 0.374 e. The first-order chi connectivity index (χ1) is 8.41. The predicted molar refractivity (Wildman–Crippen MR) is 72.1 cm³/mol. The maximum Gasteiger partial charge on any atom is 0.239 e. The van der Waals surface area contributed by atoms with Gasteiger partial charge in [-0.25, -0.2) is 4.39 Å². The first-order valence-electron chi connectivity index (χ1n) is 6.20. The summed E-state index contributed by atoms with van der Waals surface area (Å²) < 4.78 is 13.6. The number of carbonyl (C=O) groups is 1. The first-order valence-corrected chi connectivity index (χ1v) is 6.20. The minimum atomic E-state index is -0.304. The number of amides is 1. The molecule has 1 unspecified atom stereocenters. The van der Waals surface area contributed by atoms with Gasteiger partial charge >= 0.3 is 0 Å². The Bertz CT molecular complexity index is 418. The minimum Gasteiger partial charge on any atom is -0.374 e. The molecule has 1 rings (SSSR count). The molecule has 0 fully saturated rings. The summed E-state index contributed by atoms with van der Waals surface area (Å²) in [6.45, 7) is 7.81. The summed E-state index contributed by atoms with van der Waals surface area (Å²) in [4.78, 5) is 11.6. The van der Waals surface area contributed by atoms with Crippen LogP contribution in [0.3, 0.4) is 0 Å². The second-order valence-corrected chi connectivity index (χ2v) is 4.89. The highest BCUT2D eigenvalue weighted by Gasteiger charge is 2.11. The number of hydrogen-bond acceptors (Lipinski definition) is 2. The number of aryl methyl sites for hydroxylation is 1. The van der Waals surface area contributed by atoms with Crippen LogP contribution in [0.5, 0.6) is 0 Å². The van der Waals surface area contributed by atoms with Crippen molar-refractivity contribution in [3.8, 4) is 0 Å². The molecule has 1 amide bonds. The third-order valence-corrected chi connectivity index (χ3v) is 3.02. The van der Waals surface area contributed by atoms with Crippen molar-refractivity contribution in [3.63, 3.8) is 0 Å². The molecular formula is C14H21FN2O. The molecule has 100 valence electrons. The van der Waals surface area contributed by atoms with Gasteiger partial charge in [-0.1, -0.05) is 26.0 Å². The Morgan fingerprint density at radius 1 is 1.33 bits per heavy atom. The summed E-state index contributed by atoms with van der Waals surface area (Å²) in [7, 11) is 0. The van der Waals surface area contributed by atoms with Gasteiger partial charge in [0.2, 0.25) is 5.91 Å². The van der Waals surface area contributed by atoms with Crippen molar-refractivity contribution in [1.82, 2.24) is 5.32 Å². The van der Waals surface area contributed by atoms with Gasteiger partial charge in [-0.05, 0) is 31.4 Å². The van der Waals surface area contributed by atoms with E-state index in [4.69, 9.17) is 0 Å². The van der Waals surface area contributed by atoms with Gasteiger partial charge in [0.25, 0.3) is 0 Å². The fraction of sp³-hybridized carbons (Fsp3) is 0.500. The number of anilines is 1. The topological polar surface area (TPSA) is 41.1 Å². The number of halogens is 1. The van der Waals surface area contributed by atoms with Crippen molar-refractivity contribution in [2.75, 3.05) is 11.9 Å². The summed E-state index contributed by atoms with van der Waals surface area (Å²) in [5.41, 5.74) is 0.929. The van der Waals surface area contributed by atoms with E-state index in [1.54, 1.807) is 25.1 Å². The van der Waals surface area contributed by atoms with Crippen LogP contribution in [-0.4, -0.2) is 18.5 Å². The van der Waals surface area contributed by atoms with Gasteiger partial charge in [0.05, 0.1) is 12.2 Å². The smallest absolute Gasteiger partial charge is 0.239 e. The standard InChI is InChI=1S/C14H21FN2O/c1-9(2)11(4)17-13(18)8-16-12-7-5-6-10(3)14(12)15/h5-7,9,11,16H,8H2,1-4H3,(H,17,18). The van der Waals surface area contributed by atoms with Crippen molar-refractivity contribution in [2.45, 2.75) is 33.7 Å². The number of benzene rings is 1. The van der Waals surface area contributed by atoms with Crippen LogP contribution in [0.4, 0.5) is 10.1 Å². The zero-order valence-electron chi connectivity index (χ0n) is 11.4. The molecule has 18 heavy (non-hydrogen) atoms. The number of nitrogens with one attached hydrogen (secondary N) is 2. The SMILES string of the molecule is Cc1cccc(NCC(=O)NC(C)C(C)C)c1F. The summed E-state index contributed by atoms with van der Waals surface area (Å²) >= 11 is 0. The Balaban J connectivity index is 2.50. The molecule has 0 saturated carbocycles. The van der Waals surface area contributed by atoms with Crippen molar-refractivity contribution >= 4 is 11.6 Å². The number of carbonyl (C=O) groups excluding carboxylic acids is 1. The average Bonchev–Trinajstić information content (AvgIpc) is 2.31. The normalized spacial score (nSPS) is 12.3. The Kier molecular flexibility index (Phi) is 5.13. The second kappa shape index (κ2) is 6.38. The van der Waals surface area contributed by atoms with E-state index in [-0.39, 0.29) is 24.3 Å². The summed E-state index contributed by atoms with van der Waals surface area (Å²) in [6.07, 6.45) is 0. The van der Waals surface area contributed by atoms with E-state index in [9.17, 15) is 9.18 Å². The molecule has 1 atom stereocenters. The predicted octanol–water partition coefficient (Wildman–Crippen LogP) is 2.71. The van der Waals surface area contributed by atoms with Crippen molar-refractivity contribution < 1.29 is 9.18 Å². The summed E-state index contributed by atoms with van der Waals surface area (Å²) in [5.74, 6) is -0.0519. The van der Waals surface area contributed by atoms with Crippen LogP contribution in [0, 0.1) is 18.7 Å². The highest BCUT2D eigenvalue weighted by molar-refractivity contribution is 5.81. The van der Waals surface area contributed by atoms with Gasteiger partial charge < -0.3 is 10.6 Å². The second-order valence-electron chi connectivity index (χ2n) is 4.89. The molecule has 0 aliphatic heterocycles. The number of hydrogen-bond donors (Lipinski definition) is 2. The van der Waals surface area contributed by atoms with Crippen molar-refractivity contribution in [1.29, 1.82) is 0 Å². The van der Waals surface area contributed by atoms with Gasteiger partial charge in [0.15, 0.2) is 0 Å². The van der Waals surface area contributed by atoms with Gasteiger partial charge in [-0.2, -0.15) is 0 Å². The molecule has 0 heterocycles. The Hall–Kier alpha value is -1.58. The average molecular weight is 252 g/mol. The molecule has 0 saturated heterocycles. The molecule has 4 heteroatoms. The van der Waals surface area contributed by atoms with Crippen molar-refractivity contribution in [2.24, 2.45) is 5.92 Å². The lowest BCUT2D eigenvalue weighted by molar-refractivity contribution is -0.120. The molecule has 0 aromatic heterocycles. The van der Waals surface area contributed by atoms with Gasteiger partial charge in [0, 0.05) is 6.04 Å². The minimum absolute atomic E-state index is 0.0808. The van der Waals surface area contributed by atoms with Crippen LogP contribution < -0.4 is 10.6 Å². The van der Waals surface area contributed by atoms with Crippen LogP contribution in [0.2, 0.25) is 0 Å². The molecule has 0 aliphatic rings. The Morgan fingerprint density at radius 2 is 2.00 bits per heavy atom. The van der Waals surface area contributed by atoms with Crippen molar-refractivity contribution in [3.05, 3.63) is 29.6 Å². The molecule has 1 aromatic carbocycles. The molecular weight excluding hydrogens is 231 g/mol. The third kappa shape index (κ3) is 4.02. The maximum atomic E-state index is 13.6. The van der Waals surface area contributed by atoms with E-state index < -0.39 is 0 Å². The van der Waals surface area contributed by atoms with E-state index in [0.717, 1.165) is 0 Å². The maximum absolute atomic E-state index is 13.6. The van der Waals surface area contributed by atoms with Gasteiger partial charge in [-0.15, -0.1) is 0 Å². The fourth-order valence-corrected chi connectivity index (χ4v) is 1.43. The Morgan fingerprint density at radius 3 is 2.61 bits per heavy atom. The monoisotopic (exact) mass is 252 g/mol. The molecule has 3 nitrogen and oxygen atoms in total. The highest BCUT2D eigenvalue weighted by atomic mass is 19.1. The lowest BCUT2D eigenvalue weighted by atomic mass is 10.1. The lowest BCUT2D eigenvalue weighted by Gasteiger charge is -2.18. The zero-order valence-corrected chi connectivity index (χ0v) is 11.4. The van der Waals surface area contributed by atoms with E-state index in [0.29, 0.717) is 17.2 Å². The molecule has 1 aromatic rings. The van der Waals surface area contributed by atoms with Crippen LogP contribution in [0.1, 0.15) is 26.3 Å². The quantitative estimate of drug-likeness (QED) is 0.846.